The summed E-state index contributed by atoms with van der Waals surface area (Å²) >= 11 is 0. The lowest BCUT2D eigenvalue weighted by molar-refractivity contribution is -0.672. The Bertz CT molecular complexity index is 746. The number of quaternary nitrogens is 1. The van der Waals surface area contributed by atoms with E-state index in [1.807, 2.05) is 12.1 Å². The van der Waals surface area contributed by atoms with Crippen molar-refractivity contribution in [1.29, 1.82) is 0 Å². The quantitative estimate of drug-likeness (QED) is 0.690. The zero-order valence-corrected chi connectivity index (χ0v) is 17.3. The smallest absolute Gasteiger partial charge is 0.123 e. The van der Waals surface area contributed by atoms with Crippen molar-refractivity contribution in [2.75, 3.05) is 20.3 Å². The SMILES string of the molecule is CC[C@@]1(C)C[C@@](CC[NH2+]Cc2ccc(F)cc2)(c2ccc(OC)cc2)CCO1. The van der Waals surface area contributed by atoms with E-state index in [-0.39, 0.29) is 16.8 Å². The number of nitrogens with two attached hydrogens (primary N) is 1. The number of hydrogen-bond acceptors (Lipinski definition) is 2. The lowest BCUT2D eigenvalue weighted by atomic mass is 9.66. The van der Waals surface area contributed by atoms with Crippen molar-refractivity contribution in [1.82, 2.24) is 0 Å². The fraction of sp³-hybridized carbons (Fsp3) is 0.500. The first kappa shape index (κ1) is 20.8. The maximum atomic E-state index is 13.1. The molecule has 0 saturated carbocycles. The molecule has 2 aromatic rings. The highest BCUT2D eigenvalue weighted by Gasteiger charge is 2.43. The molecule has 1 heterocycles. The van der Waals surface area contributed by atoms with E-state index in [1.165, 1.54) is 17.7 Å². The third-order valence-corrected chi connectivity index (χ3v) is 6.31. The van der Waals surface area contributed by atoms with Gasteiger partial charge in [-0.15, -0.1) is 0 Å². The Morgan fingerprint density at radius 1 is 1.11 bits per heavy atom. The summed E-state index contributed by atoms with van der Waals surface area (Å²) < 4.78 is 24.6. The molecular formula is C24H33FNO2+. The molecule has 2 aromatic carbocycles. The van der Waals surface area contributed by atoms with Crippen LogP contribution in [0.5, 0.6) is 5.75 Å². The van der Waals surface area contributed by atoms with Gasteiger partial charge in [0.05, 0.1) is 19.3 Å². The molecule has 0 amide bonds. The molecule has 0 spiro atoms. The zero-order valence-electron chi connectivity index (χ0n) is 17.3. The second-order valence-electron chi connectivity index (χ2n) is 8.25. The Hall–Kier alpha value is -1.91. The molecule has 0 aliphatic carbocycles. The highest BCUT2D eigenvalue weighted by molar-refractivity contribution is 5.33. The maximum Gasteiger partial charge on any atom is 0.123 e. The number of rotatable bonds is 8. The van der Waals surface area contributed by atoms with Gasteiger partial charge in [-0.25, -0.2) is 4.39 Å². The van der Waals surface area contributed by atoms with Crippen molar-refractivity contribution in [3.63, 3.8) is 0 Å². The Labute approximate surface area is 168 Å². The Morgan fingerprint density at radius 2 is 1.82 bits per heavy atom. The third-order valence-electron chi connectivity index (χ3n) is 6.31. The van der Waals surface area contributed by atoms with Crippen LogP contribution in [-0.4, -0.2) is 25.9 Å². The first-order valence-electron chi connectivity index (χ1n) is 10.3. The van der Waals surface area contributed by atoms with Crippen molar-refractivity contribution >= 4 is 0 Å². The molecule has 1 aliphatic heterocycles. The summed E-state index contributed by atoms with van der Waals surface area (Å²) in [6.07, 6.45) is 4.19. The zero-order chi connectivity index (χ0) is 20.0. The summed E-state index contributed by atoms with van der Waals surface area (Å²) in [5.41, 5.74) is 2.58. The van der Waals surface area contributed by atoms with Crippen molar-refractivity contribution in [2.24, 2.45) is 0 Å². The lowest BCUT2D eigenvalue weighted by Gasteiger charge is -2.46. The predicted molar refractivity (Wildman–Crippen MR) is 110 cm³/mol. The molecular weight excluding hydrogens is 353 g/mol. The van der Waals surface area contributed by atoms with Crippen LogP contribution < -0.4 is 10.1 Å². The van der Waals surface area contributed by atoms with Crippen LogP contribution in [0, 0.1) is 5.82 Å². The van der Waals surface area contributed by atoms with Crippen LogP contribution in [-0.2, 0) is 16.7 Å². The standard InChI is InChI=1S/C24H32FNO2/c1-4-23(2)18-24(14-16-28-23,20-7-11-22(27-3)12-8-20)13-15-26-17-19-5-9-21(25)10-6-19/h5-12,26H,4,13-18H2,1-3H3/p+1/t23-,24-/m0/s1. The van der Waals surface area contributed by atoms with Gasteiger partial charge in [-0.2, -0.15) is 0 Å². The summed E-state index contributed by atoms with van der Waals surface area (Å²) in [5, 5.41) is 2.33. The minimum Gasteiger partial charge on any atom is -0.497 e. The average molecular weight is 387 g/mol. The van der Waals surface area contributed by atoms with Gasteiger partial charge in [0.15, 0.2) is 0 Å². The van der Waals surface area contributed by atoms with Crippen molar-refractivity contribution < 1.29 is 19.2 Å². The van der Waals surface area contributed by atoms with Gasteiger partial charge in [-0.3, -0.25) is 0 Å². The van der Waals surface area contributed by atoms with Crippen molar-refractivity contribution in [2.45, 2.75) is 57.1 Å². The van der Waals surface area contributed by atoms with Crippen molar-refractivity contribution in [3.8, 4) is 5.75 Å². The second-order valence-corrected chi connectivity index (χ2v) is 8.25. The molecule has 0 radical (unpaired) electrons. The summed E-state index contributed by atoms with van der Waals surface area (Å²) in [6, 6.07) is 15.4. The van der Waals surface area contributed by atoms with E-state index < -0.39 is 0 Å². The van der Waals surface area contributed by atoms with Crippen LogP contribution in [0.3, 0.4) is 0 Å². The molecule has 28 heavy (non-hydrogen) atoms. The summed E-state index contributed by atoms with van der Waals surface area (Å²) in [7, 11) is 1.71. The largest absolute Gasteiger partial charge is 0.497 e. The highest BCUT2D eigenvalue weighted by atomic mass is 19.1. The van der Waals surface area contributed by atoms with Gasteiger partial charge in [-0.05, 0) is 56.0 Å². The monoisotopic (exact) mass is 386 g/mol. The van der Waals surface area contributed by atoms with Gasteiger partial charge < -0.3 is 14.8 Å². The van der Waals surface area contributed by atoms with Gasteiger partial charge in [0.25, 0.3) is 0 Å². The fourth-order valence-corrected chi connectivity index (χ4v) is 4.39. The van der Waals surface area contributed by atoms with Gasteiger partial charge in [0, 0.05) is 24.0 Å². The molecule has 0 unspecified atom stereocenters. The van der Waals surface area contributed by atoms with Crippen LogP contribution >= 0.6 is 0 Å². The molecule has 0 aromatic heterocycles. The summed E-state index contributed by atoms with van der Waals surface area (Å²) in [5.74, 6) is 0.718. The van der Waals surface area contributed by atoms with E-state index in [0.717, 1.165) is 56.7 Å². The predicted octanol–water partition coefficient (Wildman–Crippen LogP) is 4.20. The Kier molecular flexibility index (Phi) is 6.73. The second kappa shape index (κ2) is 9.06. The van der Waals surface area contributed by atoms with Crippen LogP contribution in [0.4, 0.5) is 4.39 Å². The number of methoxy groups -OCH3 is 1. The Morgan fingerprint density at radius 3 is 2.46 bits per heavy atom. The van der Waals surface area contributed by atoms with E-state index in [1.54, 1.807) is 7.11 Å². The first-order chi connectivity index (χ1) is 13.5. The van der Waals surface area contributed by atoms with Crippen LogP contribution in [0.15, 0.2) is 48.5 Å². The minimum atomic E-state index is -0.178. The van der Waals surface area contributed by atoms with E-state index in [9.17, 15) is 4.39 Å². The van der Waals surface area contributed by atoms with Gasteiger partial charge in [-0.1, -0.05) is 31.2 Å². The summed E-state index contributed by atoms with van der Waals surface area (Å²) in [4.78, 5) is 0. The molecule has 3 nitrogen and oxygen atoms in total. The van der Waals surface area contributed by atoms with Crippen molar-refractivity contribution in [3.05, 3.63) is 65.5 Å². The molecule has 2 N–H and O–H groups in total. The molecule has 0 bridgehead atoms. The van der Waals surface area contributed by atoms with Crippen LogP contribution in [0.2, 0.25) is 0 Å². The topological polar surface area (TPSA) is 35.1 Å². The van der Waals surface area contributed by atoms with Crippen LogP contribution in [0.25, 0.3) is 0 Å². The summed E-state index contributed by atoms with van der Waals surface area (Å²) in [6.45, 7) is 7.16. The molecule has 2 atom stereocenters. The molecule has 1 aliphatic rings. The lowest BCUT2D eigenvalue weighted by Crippen LogP contribution is -2.83. The normalized spacial score (nSPS) is 24.9. The molecule has 1 saturated heterocycles. The maximum absolute atomic E-state index is 13.1. The number of benzene rings is 2. The number of hydrogen-bond donors (Lipinski definition) is 1. The molecule has 152 valence electrons. The van der Waals surface area contributed by atoms with Gasteiger partial charge in [0.1, 0.15) is 18.1 Å². The molecule has 1 fully saturated rings. The van der Waals surface area contributed by atoms with E-state index >= 15 is 0 Å². The first-order valence-corrected chi connectivity index (χ1v) is 10.3. The highest BCUT2D eigenvalue weighted by Crippen LogP contribution is 2.45. The third kappa shape index (κ3) is 4.92. The Balaban J connectivity index is 1.71. The van der Waals surface area contributed by atoms with E-state index in [2.05, 4.69) is 43.4 Å². The molecule has 3 rings (SSSR count). The minimum absolute atomic E-state index is 0.0743. The van der Waals surface area contributed by atoms with Crippen LogP contribution in [0.1, 0.15) is 50.7 Å². The molecule has 4 heteroatoms. The van der Waals surface area contributed by atoms with Gasteiger partial charge in [0.2, 0.25) is 0 Å². The average Bonchev–Trinajstić information content (AvgIpc) is 2.73. The number of ether oxygens (including phenoxy) is 2. The van der Waals surface area contributed by atoms with E-state index in [4.69, 9.17) is 9.47 Å². The fourth-order valence-electron chi connectivity index (χ4n) is 4.39. The number of halogens is 1. The van der Waals surface area contributed by atoms with Gasteiger partial charge >= 0.3 is 0 Å². The van der Waals surface area contributed by atoms with E-state index in [0.29, 0.717) is 0 Å².